The summed E-state index contributed by atoms with van der Waals surface area (Å²) in [5, 5.41) is 1.02. The molecule has 7 heteroatoms. The van der Waals surface area contributed by atoms with Gasteiger partial charge in [0, 0.05) is 40.7 Å². The maximum absolute atomic E-state index is 13.7. The van der Waals surface area contributed by atoms with Crippen LogP contribution in [0.15, 0.2) is 72.8 Å². The number of methoxy groups -OCH3 is 1. The summed E-state index contributed by atoms with van der Waals surface area (Å²) in [7, 11) is 1.65. The Morgan fingerprint density at radius 3 is 2.64 bits per heavy atom. The molecule has 0 radical (unpaired) electrons. The van der Waals surface area contributed by atoms with E-state index in [1.807, 2.05) is 66.7 Å². The van der Waals surface area contributed by atoms with Gasteiger partial charge >= 0.3 is 0 Å². The van der Waals surface area contributed by atoms with Gasteiger partial charge in [0.25, 0.3) is 5.91 Å². The number of carbonyl (C=O) groups is 2. The number of nitrogens with one attached hydrogen (secondary N) is 1. The van der Waals surface area contributed by atoms with Crippen LogP contribution < -0.4 is 4.74 Å². The predicted octanol–water partition coefficient (Wildman–Crippen LogP) is 4.25. The summed E-state index contributed by atoms with van der Waals surface area (Å²) >= 11 is 0. The van der Waals surface area contributed by atoms with Gasteiger partial charge in [0.2, 0.25) is 5.91 Å². The molecular weight excluding hydrogens is 454 g/mol. The van der Waals surface area contributed by atoms with Crippen molar-refractivity contribution in [1.29, 1.82) is 0 Å². The standard InChI is InChI=1S/C29H27N3O4/c1-35-20-8-6-7-19(17-20)27-26(23-11-4-5-12-24(23)30-27)28-21-9-2-3-10-22(21)29(34)32(28)18-25(33)31-13-15-36-16-14-31/h2-12,17,28,30H,13-16,18H2,1H3/t28-/m1/s1. The summed E-state index contributed by atoms with van der Waals surface area (Å²) in [5.41, 5.74) is 5.36. The lowest BCUT2D eigenvalue weighted by atomic mass is 9.93. The van der Waals surface area contributed by atoms with Crippen LogP contribution in [0.2, 0.25) is 0 Å². The summed E-state index contributed by atoms with van der Waals surface area (Å²) in [6.45, 7) is 2.13. The second-order valence-electron chi connectivity index (χ2n) is 9.11. The van der Waals surface area contributed by atoms with Crippen LogP contribution in [0.4, 0.5) is 0 Å². The van der Waals surface area contributed by atoms with Crippen molar-refractivity contribution >= 4 is 22.7 Å². The zero-order valence-corrected chi connectivity index (χ0v) is 20.1. The Balaban J connectivity index is 1.52. The highest BCUT2D eigenvalue weighted by Gasteiger charge is 2.41. The average molecular weight is 482 g/mol. The Hall–Kier alpha value is -4.10. The first-order valence-electron chi connectivity index (χ1n) is 12.2. The van der Waals surface area contributed by atoms with E-state index in [1.54, 1.807) is 16.9 Å². The zero-order valence-electron chi connectivity index (χ0n) is 20.1. The van der Waals surface area contributed by atoms with Gasteiger partial charge in [-0.25, -0.2) is 0 Å². The minimum atomic E-state index is -0.406. The number of ether oxygens (including phenoxy) is 2. The zero-order chi connectivity index (χ0) is 24.6. The van der Waals surface area contributed by atoms with Crippen molar-refractivity contribution in [2.75, 3.05) is 40.0 Å². The van der Waals surface area contributed by atoms with Crippen molar-refractivity contribution in [3.63, 3.8) is 0 Å². The van der Waals surface area contributed by atoms with E-state index < -0.39 is 6.04 Å². The first-order chi connectivity index (χ1) is 17.7. The van der Waals surface area contributed by atoms with Crippen molar-refractivity contribution < 1.29 is 19.1 Å². The highest BCUT2D eigenvalue weighted by molar-refractivity contribution is 6.03. The van der Waals surface area contributed by atoms with E-state index in [2.05, 4.69) is 11.1 Å². The van der Waals surface area contributed by atoms with E-state index in [4.69, 9.17) is 9.47 Å². The third kappa shape index (κ3) is 3.72. The Kier molecular flexibility index (Phi) is 5.70. The molecule has 0 bridgehead atoms. The predicted molar refractivity (Wildman–Crippen MR) is 137 cm³/mol. The van der Waals surface area contributed by atoms with Gasteiger partial charge in [-0.05, 0) is 29.8 Å². The van der Waals surface area contributed by atoms with Crippen molar-refractivity contribution in [2.24, 2.45) is 0 Å². The molecule has 1 saturated heterocycles. The minimum absolute atomic E-state index is 0.00916. The van der Waals surface area contributed by atoms with E-state index in [1.165, 1.54) is 0 Å². The maximum Gasteiger partial charge on any atom is 0.255 e. The number of benzene rings is 3. The fourth-order valence-corrected chi connectivity index (χ4v) is 5.36. The van der Waals surface area contributed by atoms with Gasteiger partial charge < -0.3 is 24.3 Å². The molecule has 36 heavy (non-hydrogen) atoms. The van der Waals surface area contributed by atoms with E-state index >= 15 is 0 Å². The van der Waals surface area contributed by atoms with E-state index in [0.717, 1.165) is 39.0 Å². The van der Waals surface area contributed by atoms with Crippen LogP contribution in [-0.2, 0) is 9.53 Å². The highest BCUT2D eigenvalue weighted by Crippen LogP contribution is 2.45. The first kappa shape index (κ1) is 22.4. The van der Waals surface area contributed by atoms with Gasteiger partial charge in [0.1, 0.15) is 12.3 Å². The van der Waals surface area contributed by atoms with Gasteiger partial charge in [-0.15, -0.1) is 0 Å². The van der Waals surface area contributed by atoms with Gasteiger partial charge in [-0.3, -0.25) is 9.59 Å². The molecule has 2 aliphatic rings. The lowest BCUT2D eigenvalue weighted by Crippen LogP contribution is -2.46. The van der Waals surface area contributed by atoms with Crippen LogP contribution in [0.3, 0.4) is 0 Å². The molecule has 182 valence electrons. The van der Waals surface area contributed by atoms with Gasteiger partial charge in [-0.2, -0.15) is 0 Å². The number of rotatable bonds is 5. The third-order valence-corrected chi connectivity index (χ3v) is 7.11. The van der Waals surface area contributed by atoms with Crippen LogP contribution in [0.5, 0.6) is 5.75 Å². The quantitative estimate of drug-likeness (QED) is 0.463. The Labute approximate surface area is 209 Å². The van der Waals surface area contributed by atoms with Gasteiger partial charge in [-0.1, -0.05) is 48.5 Å². The molecule has 0 aliphatic carbocycles. The number of aromatic nitrogens is 1. The van der Waals surface area contributed by atoms with E-state index in [-0.39, 0.29) is 18.4 Å². The van der Waals surface area contributed by atoms with Crippen molar-refractivity contribution in [2.45, 2.75) is 6.04 Å². The molecule has 1 aromatic heterocycles. The number of H-pyrrole nitrogens is 1. The van der Waals surface area contributed by atoms with Crippen LogP contribution in [0.1, 0.15) is 27.5 Å². The maximum atomic E-state index is 13.7. The summed E-state index contributed by atoms with van der Waals surface area (Å²) in [6, 6.07) is 23.2. The van der Waals surface area contributed by atoms with E-state index in [0.29, 0.717) is 31.9 Å². The molecule has 1 fully saturated rings. The number of nitrogens with zero attached hydrogens (tertiary/aromatic N) is 2. The Bertz CT molecular complexity index is 1450. The van der Waals surface area contributed by atoms with Crippen LogP contribution in [0.25, 0.3) is 22.2 Å². The molecule has 0 spiro atoms. The Morgan fingerprint density at radius 2 is 1.81 bits per heavy atom. The topological polar surface area (TPSA) is 74.9 Å². The number of para-hydroxylation sites is 1. The van der Waals surface area contributed by atoms with E-state index in [9.17, 15) is 9.59 Å². The number of morpholine rings is 1. The summed E-state index contributed by atoms with van der Waals surface area (Å²) in [5.74, 6) is 0.561. The molecule has 2 aliphatic heterocycles. The molecule has 4 aromatic rings. The fraction of sp³-hybridized carbons (Fsp3) is 0.241. The molecule has 7 nitrogen and oxygen atoms in total. The lowest BCUT2D eigenvalue weighted by molar-refractivity contribution is -0.136. The SMILES string of the molecule is COc1cccc(-c2[nH]c3ccccc3c2[C@H]2c3ccccc3C(=O)N2CC(=O)N2CCOCC2)c1. The van der Waals surface area contributed by atoms with Crippen LogP contribution in [-0.4, -0.2) is 66.6 Å². The second kappa shape index (κ2) is 9.17. The largest absolute Gasteiger partial charge is 0.497 e. The number of fused-ring (bicyclic) bond motifs is 2. The number of hydrogen-bond donors (Lipinski definition) is 1. The molecule has 0 unspecified atom stereocenters. The summed E-state index contributed by atoms with van der Waals surface area (Å²) in [4.78, 5) is 34.1. The summed E-state index contributed by atoms with van der Waals surface area (Å²) < 4.78 is 10.9. The van der Waals surface area contributed by atoms with Crippen molar-refractivity contribution in [3.8, 4) is 17.0 Å². The highest BCUT2D eigenvalue weighted by atomic mass is 16.5. The number of amides is 2. The fourth-order valence-electron chi connectivity index (χ4n) is 5.36. The number of carbonyl (C=O) groups excluding carboxylic acids is 2. The minimum Gasteiger partial charge on any atom is -0.497 e. The van der Waals surface area contributed by atoms with Gasteiger partial charge in [0.15, 0.2) is 0 Å². The van der Waals surface area contributed by atoms with Crippen molar-refractivity contribution in [1.82, 2.24) is 14.8 Å². The average Bonchev–Trinajstić information content (AvgIpc) is 3.44. The van der Waals surface area contributed by atoms with Gasteiger partial charge in [0.05, 0.1) is 32.1 Å². The molecule has 3 heterocycles. The normalized spacial score (nSPS) is 17.5. The van der Waals surface area contributed by atoms with Crippen LogP contribution >= 0.6 is 0 Å². The molecule has 6 rings (SSSR count). The molecule has 1 atom stereocenters. The summed E-state index contributed by atoms with van der Waals surface area (Å²) in [6.07, 6.45) is 0. The molecule has 0 saturated carbocycles. The van der Waals surface area contributed by atoms with Crippen molar-refractivity contribution in [3.05, 3.63) is 89.5 Å². The first-order valence-corrected chi connectivity index (χ1v) is 12.2. The third-order valence-electron chi connectivity index (χ3n) is 7.11. The molecule has 2 amide bonds. The lowest BCUT2D eigenvalue weighted by Gasteiger charge is -2.31. The number of hydrogen-bond acceptors (Lipinski definition) is 4. The Morgan fingerprint density at radius 1 is 1.03 bits per heavy atom. The molecule has 1 N–H and O–H groups in total. The smallest absolute Gasteiger partial charge is 0.255 e. The van der Waals surface area contributed by atoms with Crippen LogP contribution in [0, 0.1) is 0 Å². The number of aromatic amines is 1. The monoisotopic (exact) mass is 481 g/mol. The molecule has 3 aromatic carbocycles. The second-order valence-corrected chi connectivity index (χ2v) is 9.11. The molecular formula is C29H27N3O4.